The first-order valence-corrected chi connectivity index (χ1v) is 5.68. The van der Waals surface area contributed by atoms with Crippen molar-refractivity contribution >= 4 is 0 Å². The van der Waals surface area contributed by atoms with E-state index in [0.29, 0.717) is 6.42 Å². The molecule has 0 aromatic carbocycles. The van der Waals surface area contributed by atoms with Crippen LogP contribution in [0.15, 0.2) is 12.3 Å². The molecule has 98 valence electrons. The second-order valence-electron chi connectivity index (χ2n) is 4.00. The number of nitrogens with zero attached hydrogens (tertiary/aromatic N) is 2. The summed E-state index contributed by atoms with van der Waals surface area (Å²) in [5.41, 5.74) is 6.98. The Morgan fingerprint density at radius 1 is 1.47 bits per heavy atom. The summed E-state index contributed by atoms with van der Waals surface area (Å²) in [6.45, 7) is -0.217. The summed E-state index contributed by atoms with van der Waals surface area (Å²) in [6.07, 6.45) is 1.59. The number of ether oxygens (including phenoxy) is 1. The molecule has 0 aliphatic rings. The van der Waals surface area contributed by atoms with Crippen molar-refractivity contribution in [2.45, 2.75) is 31.7 Å². The van der Waals surface area contributed by atoms with Gasteiger partial charge in [0, 0.05) is 31.6 Å². The van der Waals surface area contributed by atoms with Crippen molar-refractivity contribution in [2.75, 3.05) is 13.2 Å². The molecule has 2 N–H and O–H groups in total. The predicted molar refractivity (Wildman–Crippen MR) is 60.9 cm³/mol. The standard InChI is InChI=1S/C11H19F2N3O/c1-16-10(4-6-15-16)3-2-9(14)5-7-17-8-11(12)13/h4,6,9,11H,2-3,5,7-8,14H2,1H3. The first-order valence-electron chi connectivity index (χ1n) is 5.68. The average molecular weight is 247 g/mol. The SMILES string of the molecule is Cn1nccc1CCC(N)CCOCC(F)F. The molecule has 1 heterocycles. The third-order valence-corrected chi connectivity index (χ3v) is 2.57. The van der Waals surface area contributed by atoms with Gasteiger partial charge >= 0.3 is 0 Å². The number of hydrogen-bond donors (Lipinski definition) is 1. The number of aryl methyl sites for hydroxylation is 2. The predicted octanol–water partition coefficient (Wildman–Crippen LogP) is 1.35. The van der Waals surface area contributed by atoms with Gasteiger partial charge in [-0.25, -0.2) is 8.78 Å². The largest absolute Gasteiger partial charge is 0.375 e. The minimum Gasteiger partial charge on any atom is -0.375 e. The molecule has 1 aromatic rings. The van der Waals surface area contributed by atoms with Crippen LogP contribution >= 0.6 is 0 Å². The third-order valence-electron chi connectivity index (χ3n) is 2.57. The highest BCUT2D eigenvalue weighted by Gasteiger charge is 2.07. The number of nitrogens with two attached hydrogens (primary N) is 1. The fourth-order valence-electron chi connectivity index (χ4n) is 1.53. The number of alkyl halides is 2. The minimum absolute atomic E-state index is 0.0254. The van der Waals surface area contributed by atoms with Gasteiger partial charge < -0.3 is 10.5 Å². The van der Waals surface area contributed by atoms with E-state index in [1.165, 1.54) is 0 Å². The van der Waals surface area contributed by atoms with Crippen molar-refractivity contribution in [3.05, 3.63) is 18.0 Å². The monoisotopic (exact) mass is 247 g/mol. The molecule has 0 fully saturated rings. The summed E-state index contributed by atoms with van der Waals surface area (Å²) in [5.74, 6) is 0. The van der Waals surface area contributed by atoms with Gasteiger partial charge in [0.2, 0.25) is 0 Å². The second-order valence-corrected chi connectivity index (χ2v) is 4.00. The van der Waals surface area contributed by atoms with Crippen LogP contribution in [0.4, 0.5) is 8.78 Å². The summed E-state index contributed by atoms with van der Waals surface area (Å²) in [4.78, 5) is 0. The van der Waals surface area contributed by atoms with E-state index in [9.17, 15) is 8.78 Å². The lowest BCUT2D eigenvalue weighted by Gasteiger charge is -2.11. The van der Waals surface area contributed by atoms with Crippen LogP contribution in [0.25, 0.3) is 0 Å². The molecule has 0 aliphatic heterocycles. The van der Waals surface area contributed by atoms with Gasteiger partial charge in [-0.1, -0.05) is 0 Å². The summed E-state index contributed by atoms with van der Waals surface area (Å²) in [6, 6.07) is 1.92. The van der Waals surface area contributed by atoms with Crippen LogP contribution in [-0.2, 0) is 18.2 Å². The van der Waals surface area contributed by atoms with Crippen molar-refractivity contribution in [3.8, 4) is 0 Å². The Kier molecular flexibility index (Phi) is 6.07. The Labute approximate surface area is 99.7 Å². The average Bonchev–Trinajstić information content (AvgIpc) is 2.67. The van der Waals surface area contributed by atoms with E-state index >= 15 is 0 Å². The lowest BCUT2D eigenvalue weighted by Crippen LogP contribution is -2.23. The van der Waals surface area contributed by atoms with E-state index in [4.69, 9.17) is 10.5 Å². The van der Waals surface area contributed by atoms with Gasteiger partial charge in [0.1, 0.15) is 6.61 Å². The Balaban J connectivity index is 2.09. The van der Waals surface area contributed by atoms with Crippen LogP contribution < -0.4 is 5.73 Å². The molecule has 0 saturated carbocycles. The molecule has 0 spiro atoms. The van der Waals surface area contributed by atoms with Crippen LogP contribution in [0.1, 0.15) is 18.5 Å². The molecule has 0 aliphatic carbocycles. The van der Waals surface area contributed by atoms with E-state index in [-0.39, 0.29) is 12.6 Å². The van der Waals surface area contributed by atoms with Crippen molar-refractivity contribution in [1.82, 2.24) is 9.78 Å². The topological polar surface area (TPSA) is 53.1 Å². The normalized spacial score (nSPS) is 13.2. The molecule has 1 rings (SSSR count). The molecule has 1 unspecified atom stereocenters. The molecule has 1 atom stereocenters. The van der Waals surface area contributed by atoms with Crippen molar-refractivity contribution in [1.29, 1.82) is 0 Å². The Morgan fingerprint density at radius 2 is 2.24 bits per heavy atom. The highest BCUT2D eigenvalue weighted by Crippen LogP contribution is 2.05. The summed E-state index contributed by atoms with van der Waals surface area (Å²) < 4.78 is 30.1. The van der Waals surface area contributed by atoms with Crippen LogP contribution in [0.2, 0.25) is 0 Å². The van der Waals surface area contributed by atoms with E-state index in [1.54, 1.807) is 10.9 Å². The Hall–Kier alpha value is -1.01. The Morgan fingerprint density at radius 3 is 2.82 bits per heavy atom. The molecule has 0 bridgehead atoms. The van der Waals surface area contributed by atoms with Gasteiger partial charge in [0.25, 0.3) is 6.43 Å². The first kappa shape index (κ1) is 14.1. The van der Waals surface area contributed by atoms with Crippen LogP contribution in [0.5, 0.6) is 0 Å². The lowest BCUT2D eigenvalue weighted by atomic mass is 10.1. The zero-order valence-corrected chi connectivity index (χ0v) is 9.98. The van der Waals surface area contributed by atoms with E-state index < -0.39 is 13.0 Å². The van der Waals surface area contributed by atoms with Gasteiger partial charge in [0.15, 0.2) is 0 Å². The molecule has 0 amide bonds. The lowest BCUT2D eigenvalue weighted by molar-refractivity contribution is 0.0151. The minimum atomic E-state index is -2.40. The first-order chi connectivity index (χ1) is 8.09. The molecule has 0 saturated heterocycles. The van der Waals surface area contributed by atoms with Crippen molar-refractivity contribution in [3.63, 3.8) is 0 Å². The summed E-state index contributed by atoms with van der Waals surface area (Å²) in [7, 11) is 1.88. The number of rotatable bonds is 8. The quantitative estimate of drug-likeness (QED) is 0.705. The molecular weight excluding hydrogens is 228 g/mol. The maximum absolute atomic E-state index is 11.8. The van der Waals surface area contributed by atoms with Gasteiger partial charge in [-0.15, -0.1) is 0 Å². The molecule has 1 aromatic heterocycles. The van der Waals surface area contributed by atoms with Crippen LogP contribution in [0.3, 0.4) is 0 Å². The van der Waals surface area contributed by atoms with E-state index in [2.05, 4.69) is 5.10 Å². The molecule has 0 radical (unpaired) electrons. The maximum Gasteiger partial charge on any atom is 0.261 e. The number of halogens is 2. The zero-order valence-electron chi connectivity index (χ0n) is 9.98. The van der Waals surface area contributed by atoms with Crippen LogP contribution in [-0.4, -0.2) is 35.5 Å². The van der Waals surface area contributed by atoms with Crippen LogP contribution in [0, 0.1) is 0 Å². The van der Waals surface area contributed by atoms with Crippen molar-refractivity contribution in [2.24, 2.45) is 12.8 Å². The molecule has 17 heavy (non-hydrogen) atoms. The van der Waals surface area contributed by atoms with Gasteiger partial charge in [-0.2, -0.15) is 5.10 Å². The summed E-state index contributed by atoms with van der Waals surface area (Å²) >= 11 is 0. The summed E-state index contributed by atoms with van der Waals surface area (Å²) in [5, 5.41) is 4.06. The smallest absolute Gasteiger partial charge is 0.261 e. The van der Waals surface area contributed by atoms with Gasteiger partial charge in [-0.05, 0) is 25.3 Å². The molecular formula is C11H19F2N3O. The van der Waals surface area contributed by atoms with E-state index in [1.807, 2.05) is 13.1 Å². The van der Waals surface area contributed by atoms with Gasteiger partial charge in [0.05, 0.1) is 0 Å². The number of aromatic nitrogens is 2. The van der Waals surface area contributed by atoms with Crippen molar-refractivity contribution < 1.29 is 13.5 Å². The Bertz CT molecular complexity index is 317. The number of hydrogen-bond acceptors (Lipinski definition) is 3. The fourth-order valence-corrected chi connectivity index (χ4v) is 1.53. The third kappa shape index (κ3) is 5.74. The molecule has 6 heteroatoms. The fraction of sp³-hybridized carbons (Fsp3) is 0.727. The highest BCUT2D eigenvalue weighted by atomic mass is 19.3. The maximum atomic E-state index is 11.8. The van der Waals surface area contributed by atoms with Gasteiger partial charge in [-0.3, -0.25) is 4.68 Å². The van der Waals surface area contributed by atoms with E-state index in [0.717, 1.165) is 18.5 Å². The molecule has 4 nitrogen and oxygen atoms in total. The highest BCUT2D eigenvalue weighted by molar-refractivity contribution is 5.00. The zero-order chi connectivity index (χ0) is 12.7. The second kappa shape index (κ2) is 7.34.